The van der Waals surface area contributed by atoms with E-state index in [1.54, 1.807) is 6.92 Å². The van der Waals surface area contributed by atoms with E-state index >= 15 is 0 Å². The van der Waals surface area contributed by atoms with E-state index in [1.165, 1.54) is 30.3 Å². The molecule has 4 aliphatic rings. The molecule has 0 unspecified atom stereocenters. The van der Waals surface area contributed by atoms with Gasteiger partial charge in [0.05, 0.1) is 18.1 Å². The molecule has 396 valence electrons. The molecule has 0 radical (unpaired) electrons. The first kappa shape index (κ1) is 59.7. The summed E-state index contributed by atoms with van der Waals surface area (Å²) in [6.45, 7) is 1.79. The molecule has 1 aromatic heterocycles. The summed E-state index contributed by atoms with van der Waals surface area (Å²) in [5.74, 6) is -4.60. The SMILES string of the molecule is CC(=O)N[C@@H]1[C@@H](O[C@@H]2O[C@H](C(=O)O)[C@@H](O[C@@H]3O[C@H](CO)[C@@H](O)[C@H](O[C@@H]4O[C@H](C(=O)O)[C@@H](O)[C@H](O)[C@H]4O)[C@H]3NC(C)=O)[C@H](O)[C@H]2O)[C@H](O)[C@@H](CO)O[C@H]1O.Cc1cc(NS(=O)(=O)c2ccc(N)cc2)no1.[H-].[Na+]. The van der Waals surface area contributed by atoms with Crippen LogP contribution in [0.5, 0.6) is 0 Å². The third-order valence-electron chi connectivity index (χ3n) is 11.0. The van der Waals surface area contributed by atoms with Crippen LogP contribution < -0.4 is 50.6 Å². The summed E-state index contributed by atoms with van der Waals surface area (Å²) in [5, 5.41) is 132. The summed E-state index contributed by atoms with van der Waals surface area (Å²) in [6, 6.07) is 3.99. The van der Waals surface area contributed by atoms with E-state index in [9.17, 15) is 88.9 Å². The van der Waals surface area contributed by atoms with E-state index in [-0.39, 0.29) is 41.7 Å². The third kappa shape index (κ3) is 14.3. The fourth-order valence-electron chi connectivity index (χ4n) is 7.56. The Morgan fingerprint density at radius 1 is 0.662 bits per heavy atom. The number of nitrogens with one attached hydrogen (secondary N) is 3. The zero-order valence-corrected chi connectivity index (χ0v) is 40.7. The Kier molecular flexibility index (Phi) is 21.4. The van der Waals surface area contributed by atoms with Crippen LogP contribution in [0.1, 0.15) is 21.0 Å². The van der Waals surface area contributed by atoms with Gasteiger partial charge in [0.15, 0.2) is 43.2 Å². The molecule has 0 saturated carbocycles. The number of rotatable bonds is 15. The fraction of sp³-hybridized carbons (Fsp3) is 0.658. The monoisotopic (exact) mass is 1050 g/mol. The van der Waals surface area contributed by atoms with Gasteiger partial charge < -0.3 is 117 Å². The Hall–Kier alpha value is -3.82. The summed E-state index contributed by atoms with van der Waals surface area (Å²) in [4.78, 5) is 48.3. The van der Waals surface area contributed by atoms with Gasteiger partial charge in [0, 0.05) is 25.6 Å². The van der Waals surface area contributed by atoms with Crippen molar-refractivity contribution in [3.63, 3.8) is 0 Å². The zero-order valence-electron chi connectivity index (χ0n) is 38.9. The number of aliphatic carboxylic acids is 2. The second kappa shape index (κ2) is 25.4. The smallest absolute Gasteiger partial charge is 1.00 e. The van der Waals surface area contributed by atoms with E-state index in [2.05, 4.69) is 20.5 Å². The van der Waals surface area contributed by atoms with Crippen molar-refractivity contribution in [2.75, 3.05) is 23.7 Å². The Balaban J connectivity index is 0.000000606. The Labute approximate surface area is 425 Å². The van der Waals surface area contributed by atoms with Crippen LogP contribution >= 0.6 is 0 Å². The number of nitrogens with zero attached hydrogens (tertiary/aromatic N) is 1. The molecule has 33 heteroatoms. The maximum Gasteiger partial charge on any atom is 1.00 e. The molecule has 4 saturated heterocycles. The number of hydrogen-bond donors (Lipinski definition) is 16. The van der Waals surface area contributed by atoms with Crippen LogP contribution in [0, 0.1) is 6.92 Å². The number of nitrogen functional groups attached to an aromatic ring is 1. The van der Waals surface area contributed by atoms with Gasteiger partial charge >= 0.3 is 41.5 Å². The molecule has 20 atom stereocenters. The van der Waals surface area contributed by atoms with Crippen LogP contribution in [0.2, 0.25) is 0 Å². The molecule has 4 aliphatic heterocycles. The van der Waals surface area contributed by atoms with Gasteiger partial charge in [0.25, 0.3) is 10.0 Å². The quantitative estimate of drug-likeness (QED) is 0.0582. The summed E-state index contributed by atoms with van der Waals surface area (Å²) >= 11 is 0. The summed E-state index contributed by atoms with van der Waals surface area (Å²) in [5.41, 5.74) is 5.98. The van der Waals surface area contributed by atoms with Gasteiger partial charge in [-0.3, -0.25) is 14.3 Å². The van der Waals surface area contributed by atoms with E-state index in [4.69, 9.17) is 43.4 Å². The minimum absolute atomic E-state index is 0. The van der Waals surface area contributed by atoms with Gasteiger partial charge in [0.1, 0.15) is 91.1 Å². The predicted molar refractivity (Wildman–Crippen MR) is 222 cm³/mol. The molecule has 4 fully saturated rings. The average Bonchev–Trinajstić information content (AvgIpc) is 3.70. The number of nitrogens with two attached hydrogens (primary N) is 1. The van der Waals surface area contributed by atoms with Crippen molar-refractivity contribution in [2.24, 2.45) is 0 Å². The number of carboxylic acid groups (broad SMARTS) is 2. The molecule has 31 nitrogen and oxygen atoms in total. The van der Waals surface area contributed by atoms with E-state index < -0.39 is 170 Å². The number of carbonyl (C=O) groups is 4. The van der Waals surface area contributed by atoms with Crippen molar-refractivity contribution < 1.29 is 158 Å². The average molecular weight is 1050 g/mol. The fourth-order valence-corrected chi connectivity index (χ4v) is 8.54. The van der Waals surface area contributed by atoms with Crippen molar-refractivity contribution in [2.45, 2.75) is 148 Å². The van der Waals surface area contributed by atoms with E-state index in [0.717, 1.165) is 13.8 Å². The molecule has 2 amide bonds. The number of carboxylic acids is 2. The first-order valence-corrected chi connectivity index (χ1v) is 22.3. The number of carbonyl (C=O) groups excluding carboxylic acids is 2. The number of anilines is 2. The maximum atomic E-state index is 12.5. The van der Waals surface area contributed by atoms with Gasteiger partial charge in [-0.25, -0.2) is 18.0 Å². The molecule has 2 aromatic rings. The number of aromatic nitrogens is 1. The molecule has 6 rings (SSSR count). The van der Waals surface area contributed by atoms with Gasteiger partial charge in [-0.05, 0) is 31.2 Å². The van der Waals surface area contributed by atoms with E-state index in [0.29, 0.717) is 11.4 Å². The van der Waals surface area contributed by atoms with Crippen molar-refractivity contribution in [3.8, 4) is 0 Å². The number of aryl methyl sites for hydroxylation is 1. The van der Waals surface area contributed by atoms with Crippen molar-refractivity contribution >= 4 is 45.3 Å². The van der Waals surface area contributed by atoms with Crippen LogP contribution in [0.25, 0.3) is 0 Å². The Morgan fingerprint density at radius 3 is 1.63 bits per heavy atom. The Bertz CT molecular complexity index is 2220. The minimum atomic E-state index is -3.64. The maximum absolute atomic E-state index is 12.5. The molecule has 0 aliphatic carbocycles. The molecular formula is C38H56N5NaO26S. The molecular weight excluding hydrogens is 997 g/mol. The van der Waals surface area contributed by atoms with Crippen LogP contribution in [-0.4, -0.2) is 235 Å². The number of benzene rings is 1. The number of ether oxygens (including phenoxy) is 7. The van der Waals surface area contributed by atoms with Gasteiger partial charge in [-0.1, -0.05) is 5.16 Å². The largest absolute Gasteiger partial charge is 1.00 e. The number of aliphatic hydroxyl groups is 10. The second-order valence-corrected chi connectivity index (χ2v) is 17.9. The number of sulfonamides is 1. The van der Waals surface area contributed by atoms with Crippen molar-refractivity contribution in [3.05, 3.63) is 36.1 Å². The molecule has 1 aromatic carbocycles. The van der Waals surface area contributed by atoms with Crippen LogP contribution in [0.4, 0.5) is 11.5 Å². The molecule has 0 bridgehead atoms. The summed E-state index contributed by atoms with van der Waals surface area (Å²) < 4.78 is 68.9. The molecule has 71 heavy (non-hydrogen) atoms. The first-order chi connectivity index (χ1) is 32.8. The van der Waals surface area contributed by atoms with Gasteiger partial charge in [-0.15, -0.1) is 0 Å². The summed E-state index contributed by atoms with van der Waals surface area (Å²) in [7, 11) is -3.64. The number of hydrogen-bond acceptors (Lipinski definition) is 26. The molecule has 0 spiro atoms. The van der Waals surface area contributed by atoms with Crippen molar-refractivity contribution in [1.29, 1.82) is 0 Å². The normalized spacial score (nSPS) is 37.3. The van der Waals surface area contributed by atoms with Crippen LogP contribution in [0.15, 0.2) is 39.8 Å². The van der Waals surface area contributed by atoms with E-state index in [1.807, 2.05) is 0 Å². The minimum Gasteiger partial charge on any atom is -1.00 e. The topological polar surface area (TPSA) is 498 Å². The number of amides is 2. The first-order valence-electron chi connectivity index (χ1n) is 20.9. The molecule has 17 N–H and O–H groups in total. The standard InChI is InChI=1S/C28H44N2O23.C10H11N3O3S.Na.H/c1-5(33)29-9-18(11(35)7(3-31)47-25(9)46)49-28-17(41)15(39)20(22(53-28)24(44)45)51-26-10(30-6(2)34)19(12(36)8(4-32)48-26)50-27-16(40)13(37)14(38)21(52-27)23(42)43;1-7-6-10(12-16-7)13-17(14,15)9-4-2-8(11)3-5-9;;/h7-22,25-28,31-32,35-41,46H,3-4H2,1-2H3,(H,29,33)(H,30,34)(H,42,43)(H,44,45);2-6H,11H2,1H3,(H,12,13);;/q;;+1;-1/t7-,8-,9-,10-,11-,12-,13+,14+,15-,16-,17-,18-,19-,20+,21+,22+,25-,26+,27-,28-;;;/m1.../s1. The van der Waals surface area contributed by atoms with Gasteiger partial charge in [0.2, 0.25) is 11.8 Å². The summed E-state index contributed by atoms with van der Waals surface area (Å²) in [6.07, 6.45) is -36.5. The van der Waals surface area contributed by atoms with Crippen LogP contribution in [0.3, 0.4) is 0 Å². The molecule has 5 heterocycles. The zero-order chi connectivity index (χ0) is 52.1. The Morgan fingerprint density at radius 2 is 1.14 bits per heavy atom. The third-order valence-corrected chi connectivity index (χ3v) is 12.4. The second-order valence-electron chi connectivity index (χ2n) is 16.2. The number of aliphatic hydroxyl groups excluding tert-OH is 10. The van der Waals surface area contributed by atoms with Gasteiger partial charge in [-0.2, -0.15) is 0 Å². The van der Waals surface area contributed by atoms with Crippen LogP contribution in [-0.2, 0) is 62.4 Å². The predicted octanol–water partition coefficient (Wildman–Crippen LogP) is -10.8. The van der Waals surface area contributed by atoms with Crippen molar-refractivity contribution in [1.82, 2.24) is 15.8 Å².